The smallest absolute Gasteiger partial charge is 0.373 e. The van der Waals surface area contributed by atoms with Crippen molar-refractivity contribution >= 4 is 35.9 Å². The Balaban J connectivity index is 0.000000717. The van der Waals surface area contributed by atoms with E-state index in [0.717, 1.165) is 4.90 Å². The minimum atomic E-state index is 0.108. The third-order valence-corrected chi connectivity index (χ3v) is 4.85. The number of ether oxygens (including phenoxy) is 1. The SMILES string of the molecule is CC.COc1ccc(-c2cnc(Sc3ccccc3)n2SF)c(N)c1.O=C=O. The predicted molar refractivity (Wildman–Crippen MR) is 110 cm³/mol. The summed E-state index contributed by atoms with van der Waals surface area (Å²) in [5.41, 5.74) is 7.88. The monoisotopic (exact) mass is 421 g/mol. The van der Waals surface area contributed by atoms with Gasteiger partial charge in [0.2, 0.25) is 0 Å². The van der Waals surface area contributed by atoms with Gasteiger partial charge in [-0.25, -0.2) is 8.96 Å². The summed E-state index contributed by atoms with van der Waals surface area (Å²) in [4.78, 5) is 21.6. The largest absolute Gasteiger partial charge is 0.497 e. The van der Waals surface area contributed by atoms with Crippen LogP contribution < -0.4 is 10.5 Å². The summed E-state index contributed by atoms with van der Waals surface area (Å²) in [7, 11) is 1.57. The summed E-state index contributed by atoms with van der Waals surface area (Å²) in [6, 6.07) is 15.0. The van der Waals surface area contributed by atoms with Crippen molar-refractivity contribution in [2.75, 3.05) is 12.8 Å². The number of halogens is 1. The molecule has 0 atom stereocenters. The van der Waals surface area contributed by atoms with Gasteiger partial charge in [-0.2, -0.15) is 9.59 Å². The number of imidazole rings is 1. The number of aromatic nitrogens is 2. The highest BCUT2D eigenvalue weighted by Gasteiger charge is 2.16. The molecule has 3 aromatic rings. The van der Waals surface area contributed by atoms with Gasteiger partial charge in [0.05, 0.1) is 19.0 Å². The number of hydrogen-bond donors (Lipinski definition) is 1. The van der Waals surface area contributed by atoms with Crippen LogP contribution in [0.3, 0.4) is 0 Å². The van der Waals surface area contributed by atoms with Crippen molar-refractivity contribution in [1.29, 1.82) is 0 Å². The van der Waals surface area contributed by atoms with Crippen molar-refractivity contribution in [3.8, 4) is 17.0 Å². The molecule has 1 heterocycles. The summed E-state index contributed by atoms with van der Waals surface area (Å²) < 4.78 is 20.1. The molecule has 0 radical (unpaired) electrons. The van der Waals surface area contributed by atoms with Gasteiger partial charge in [-0.3, -0.25) is 0 Å². The Morgan fingerprint density at radius 1 is 1.14 bits per heavy atom. The topological polar surface area (TPSA) is 87.2 Å². The van der Waals surface area contributed by atoms with Crippen LogP contribution in [-0.4, -0.2) is 22.2 Å². The van der Waals surface area contributed by atoms with Crippen LogP contribution in [0.2, 0.25) is 0 Å². The van der Waals surface area contributed by atoms with Gasteiger partial charge in [0.1, 0.15) is 5.75 Å². The molecule has 9 heteroatoms. The number of nitrogens with zero attached hydrogens (tertiary/aromatic N) is 2. The predicted octanol–water partition coefficient (Wildman–Crippen LogP) is 5.12. The molecule has 28 heavy (non-hydrogen) atoms. The van der Waals surface area contributed by atoms with Crippen molar-refractivity contribution in [2.45, 2.75) is 23.9 Å². The molecule has 0 spiro atoms. The quantitative estimate of drug-likeness (QED) is 0.572. The first kappa shape index (κ1) is 23.3. The maximum atomic E-state index is 13.5. The van der Waals surface area contributed by atoms with E-state index < -0.39 is 0 Å². The zero-order chi connectivity index (χ0) is 20.9. The summed E-state index contributed by atoms with van der Waals surface area (Å²) in [6.45, 7) is 4.00. The maximum Gasteiger partial charge on any atom is 0.373 e. The van der Waals surface area contributed by atoms with E-state index in [9.17, 15) is 3.89 Å². The molecule has 0 fully saturated rings. The molecule has 6 nitrogen and oxygen atoms in total. The van der Waals surface area contributed by atoms with E-state index in [2.05, 4.69) is 4.98 Å². The lowest BCUT2D eigenvalue weighted by molar-refractivity contribution is -0.191. The molecule has 0 amide bonds. The Morgan fingerprint density at radius 2 is 1.79 bits per heavy atom. The standard InChI is InChI=1S/C16H14FN3OS2.C2H6.CO2/c1-21-11-7-8-13(14(18)9-11)15-10-19-16(20(15)23-17)22-12-5-3-2-4-6-12;1-2;2-1-3/h2-10H,18H2,1H3;1-2H3;. The Bertz CT molecular complexity index is 899. The lowest BCUT2D eigenvalue weighted by Gasteiger charge is -2.09. The molecule has 0 saturated carbocycles. The van der Waals surface area contributed by atoms with Gasteiger partial charge in [0.25, 0.3) is 0 Å². The third kappa shape index (κ3) is 6.16. The zero-order valence-corrected chi connectivity index (χ0v) is 17.2. The van der Waals surface area contributed by atoms with E-state index in [1.54, 1.807) is 31.5 Å². The van der Waals surface area contributed by atoms with Crippen LogP contribution in [0.25, 0.3) is 11.3 Å². The summed E-state index contributed by atoms with van der Waals surface area (Å²) in [5, 5.41) is 0.550. The van der Waals surface area contributed by atoms with Crippen LogP contribution in [0.1, 0.15) is 13.8 Å². The average molecular weight is 422 g/mol. The second-order valence-electron chi connectivity index (χ2n) is 4.74. The van der Waals surface area contributed by atoms with E-state index in [0.29, 0.717) is 27.9 Å². The highest BCUT2D eigenvalue weighted by atomic mass is 32.2. The Morgan fingerprint density at radius 3 is 2.32 bits per heavy atom. The highest BCUT2D eigenvalue weighted by molar-refractivity contribution is 8.00. The Labute approximate surface area is 171 Å². The van der Waals surface area contributed by atoms with Crippen LogP contribution >= 0.6 is 24.1 Å². The fraction of sp³-hybridized carbons (Fsp3) is 0.158. The zero-order valence-electron chi connectivity index (χ0n) is 15.6. The Hall–Kier alpha value is -2.74. The number of methoxy groups -OCH3 is 1. The van der Waals surface area contributed by atoms with Crippen molar-refractivity contribution < 1.29 is 18.2 Å². The van der Waals surface area contributed by atoms with Gasteiger partial charge in [-0.05, 0) is 24.3 Å². The fourth-order valence-corrected chi connectivity index (χ4v) is 3.45. The first-order chi connectivity index (χ1) is 13.6. The summed E-state index contributed by atoms with van der Waals surface area (Å²) in [5.74, 6) is 0.657. The lowest BCUT2D eigenvalue weighted by Crippen LogP contribution is -1.96. The molecule has 1 aromatic heterocycles. The Kier molecular flexibility index (Phi) is 10.5. The summed E-state index contributed by atoms with van der Waals surface area (Å²) in [6.07, 6.45) is 1.87. The number of benzene rings is 2. The van der Waals surface area contributed by atoms with E-state index in [1.807, 2.05) is 44.2 Å². The lowest BCUT2D eigenvalue weighted by atomic mass is 10.1. The first-order valence-electron chi connectivity index (χ1n) is 8.17. The number of nitrogens with two attached hydrogens (primary N) is 1. The molecule has 2 aromatic carbocycles. The van der Waals surface area contributed by atoms with Crippen molar-refractivity contribution in [1.82, 2.24) is 8.96 Å². The minimum absolute atomic E-state index is 0.108. The van der Waals surface area contributed by atoms with Gasteiger partial charge in [-0.15, -0.1) is 3.89 Å². The average Bonchev–Trinajstić information content (AvgIpc) is 3.13. The van der Waals surface area contributed by atoms with E-state index in [4.69, 9.17) is 20.1 Å². The van der Waals surface area contributed by atoms with Crippen LogP contribution in [0.4, 0.5) is 9.57 Å². The van der Waals surface area contributed by atoms with E-state index in [1.165, 1.54) is 15.7 Å². The van der Waals surface area contributed by atoms with Gasteiger partial charge < -0.3 is 10.5 Å². The molecule has 0 aliphatic carbocycles. The molecule has 0 aliphatic rings. The summed E-state index contributed by atoms with van der Waals surface area (Å²) >= 11 is 1.50. The number of nitrogen functional groups attached to an aromatic ring is 1. The van der Waals surface area contributed by atoms with Crippen LogP contribution in [-0.2, 0) is 9.59 Å². The van der Waals surface area contributed by atoms with Crippen molar-refractivity contribution in [2.24, 2.45) is 0 Å². The normalized spacial score (nSPS) is 9.29. The van der Waals surface area contributed by atoms with Gasteiger partial charge in [0, 0.05) is 22.2 Å². The van der Waals surface area contributed by atoms with Gasteiger partial charge in [0.15, 0.2) is 17.5 Å². The fourth-order valence-electron chi connectivity index (χ4n) is 2.13. The molecule has 0 unspecified atom stereocenters. The number of carbonyl (C=O) groups excluding carboxylic acids is 2. The van der Waals surface area contributed by atoms with Crippen molar-refractivity contribution in [3.63, 3.8) is 0 Å². The number of hydrogen-bond acceptors (Lipinski definition) is 7. The molecule has 0 aliphatic heterocycles. The van der Waals surface area contributed by atoms with Gasteiger partial charge >= 0.3 is 6.15 Å². The second-order valence-corrected chi connectivity index (χ2v) is 6.28. The van der Waals surface area contributed by atoms with Crippen LogP contribution in [0.5, 0.6) is 5.75 Å². The molecular weight excluding hydrogens is 401 g/mol. The number of anilines is 1. The van der Waals surface area contributed by atoms with Crippen molar-refractivity contribution in [3.05, 3.63) is 54.7 Å². The molecule has 0 saturated heterocycles. The van der Waals surface area contributed by atoms with E-state index >= 15 is 0 Å². The minimum Gasteiger partial charge on any atom is -0.497 e. The molecule has 148 valence electrons. The van der Waals surface area contributed by atoms with Crippen LogP contribution in [0.15, 0.2) is 64.8 Å². The highest BCUT2D eigenvalue weighted by Crippen LogP contribution is 2.37. The molecule has 2 N–H and O–H groups in total. The van der Waals surface area contributed by atoms with Crippen LogP contribution in [0, 0.1) is 0 Å². The van der Waals surface area contributed by atoms with Gasteiger partial charge in [-0.1, -0.05) is 43.8 Å². The molecule has 0 bridgehead atoms. The first-order valence-corrected chi connectivity index (χ1v) is 9.66. The maximum absolute atomic E-state index is 13.5. The second kappa shape index (κ2) is 12.6. The third-order valence-electron chi connectivity index (χ3n) is 3.25. The number of rotatable bonds is 5. The molecule has 3 rings (SSSR count). The molecular formula is C19H20FN3O3S2. The van der Waals surface area contributed by atoms with E-state index in [-0.39, 0.29) is 18.5 Å².